The molecule has 1 aromatic heterocycles. The summed E-state index contributed by atoms with van der Waals surface area (Å²) in [5, 5.41) is 16.9. The zero-order valence-corrected chi connectivity index (χ0v) is 12.8. The lowest BCUT2D eigenvalue weighted by molar-refractivity contribution is -0.142. The van der Waals surface area contributed by atoms with Gasteiger partial charge in [0.2, 0.25) is 10.0 Å². The molecule has 1 aromatic carbocycles. The number of piperidine rings is 1. The summed E-state index contributed by atoms with van der Waals surface area (Å²) >= 11 is 0. The largest absolute Gasteiger partial charge is 0.481 e. The number of hydrogen-bond donors (Lipinski definition) is 1. The number of carbonyl (C=O) groups is 1. The molecule has 0 aliphatic carbocycles. The van der Waals surface area contributed by atoms with Gasteiger partial charge in [0.15, 0.2) is 0 Å². The minimum atomic E-state index is -3.79. The maximum Gasteiger partial charge on any atom is 0.307 e. The number of sulfonamides is 1. The highest BCUT2D eigenvalue weighted by Gasteiger charge is 2.34. The molecular weight excluding hydrogens is 308 g/mol. The molecule has 118 valence electrons. The van der Waals surface area contributed by atoms with E-state index in [0.717, 1.165) is 0 Å². The molecule has 1 atom stereocenters. The average Bonchev–Trinajstić information content (AvgIpc) is 2.89. The van der Waals surface area contributed by atoms with Crippen LogP contribution in [-0.4, -0.2) is 51.9 Å². The van der Waals surface area contributed by atoms with Crippen molar-refractivity contribution in [2.75, 3.05) is 13.1 Å². The van der Waals surface area contributed by atoms with E-state index in [2.05, 4.69) is 10.3 Å². The molecule has 1 aliphatic rings. The lowest BCUT2D eigenvalue weighted by Crippen LogP contribution is -2.42. The van der Waals surface area contributed by atoms with E-state index in [1.165, 1.54) is 15.1 Å². The molecule has 8 nitrogen and oxygen atoms in total. The SMILES string of the molecule is Cn1nnc2c(S(=O)(=O)N3CCCC(C(=O)O)C3)cccc21. The van der Waals surface area contributed by atoms with Crippen molar-refractivity contribution in [2.45, 2.75) is 17.7 Å². The van der Waals surface area contributed by atoms with E-state index in [4.69, 9.17) is 5.11 Å². The van der Waals surface area contributed by atoms with Crippen molar-refractivity contribution in [1.29, 1.82) is 0 Å². The van der Waals surface area contributed by atoms with Crippen LogP contribution in [-0.2, 0) is 21.9 Å². The molecule has 0 amide bonds. The van der Waals surface area contributed by atoms with Crippen molar-refractivity contribution < 1.29 is 18.3 Å². The number of hydrogen-bond acceptors (Lipinski definition) is 5. The van der Waals surface area contributed by atoms with Crippen LogP contribution in [0.3, 0.4) is 0 Å². The lowest BCUT2D eigenvalue weighted by Gasteiger charge is -2.29. The fourth-order valence-corrected chi connectivity index (χ4v) is 4.41. The van der Waals surface area contributed by atoms with Crippen molar-refractivity contribution in [2.24, 2.45) is 13.0 Å². The normalized spacial score (nSPS) is 20.3. The molecule has 2 aromatic rings. The molecule has 9 heteroatoms. The molecule has 22 heavy (non-hydrogen) atoms. The molecule has 1 unspecified atom stereocenters. The van der Waals surface area contributed by atoms with Crippen LogP contribution in [0.15, 0.2) is 23.1 Å². The molecule has 1 N–H and O–H groups in total. The molecule has 2 heterocycles. The standard InChI is InChI=1S/C13H16N4O4S/c1-16-10-5-2-6-11(12(10)14-15-16)22(20,21)17-7-3-4-9(8-17)13(18)19/h2,5-6,9H,3-4,7-8H2,1H3,(H,18,19). The van der Waals surface area contributed by atoms with Crippen LogP contribution in [0.5, 0.6) is 0 Å². The molecule has 1 aliphatic heterocycles. The zero-order chi connectivity index (χ0) is 15.9. The Hall–Kier alpha value is -2.00. The van der Waals surface area contributed by atoms with E-state index in [0.29, 0.717) is 30.4 Å². The first kappa shape index (κ1) is 14.9. The Morgan fingerprint density at radius 3 is 2.91 bits per heavy atom. The van der Waals surface area contributed by atoms with Crippen molar-refractivity contribution in [1.82, 2.24) is 19.3 Å². The molecule has 0 bridgehead atoms. The van der Waals surface area contributed by atoms with Gasteiger partial charge in [0.25, 0.3) is 0 Å². The van der Waals surface area contributed by atoms with Gasteiger partial charge in [-0.2, -0.15) is 4.31 Å². The topological polar surface area (TPSA) is 105 Å². The van der Waals surface area contributed by atoms with E-state index in [-0.39, 0.29) is 11.4 Å². The zero-order valence-electron chi connectivity index (χ0n) is 12.0. The summed E-state index contributed by atoms with van der Waals surface area (Å²) < 4.78 is 28.4. The van der Waals surface area contributed by atoms with Crippen LogP contribution < -0.4 is 0 Å². The minimum absolute atomic E-state index is 0.00564. The number of nitrogens with zero attached hydrogens (tertiary/aromatic N) is 4. The summed E-state index contributed by atoms with van der Waals surface area (Å²) in [5.41, 5.74) is 0.926. The Balaban J connectivity index is 2.03. The second-order valence-corrected chi connectivity index (χ2v) is 7.28. The quantitative estimate of drug-likeness (QED) is 0.879. The fraction of sp³-hybridized carbons (Fsp3) is 0.462. The van der Waals surface area contributed by atoms with Crippen LogP contribution in [0.2, 0.25) is 0 Å². The third-order valence-electron chi connectivity index (χ3n) is 3.96. The number of fused-ring (bicyclic) bond motifs is 1. The van der Waals surface area contributed by atoms with Gasteiger partial charge in [-0.05, 0) is 25.0 Å². The van der Waals surface area contributed by atoms with Crippen molar-refractivity contribution in [3.05, 3.63) is 18.2 Å². The summed E-state index contributed by atoms with van der Waals surface area (Å²) in [6.45, 7) is 0.317. The number of carboxylic acid groups (broad SMARTS) is 1. The maximum atomic E-state index is 12.8. The number of aliphatic carboxylic acids is 1. The highest BCUT2D eigenvalue weighted by atomic mass is 32.2. The van der Waals surface area contributed by atoms with Crippen LogP contribution in [0.25, 0.3) is 11.0 Å². The second kappa shape index (κ2) is 5.33. The van der Waals surface area contributed by atoms with Gasteiger partial charge in [-0.3, -0.25) is 4.79 Å². The second-order valence-electron chi connectivity index (χ2n) is 5.38. The van der Waals surface area contributed by atoms with Gasteiger partial charge in [-0.15, -0.1) is 5.10 Å². The predicted molar refractivity (Wildman–Crippen MR) is 77.6 cm³/mol. The number of benzene rings is 1. The lowest BCUT2D eigenvalue weighted by atomic mass is 10.0. The summed E-state index contributed by atoms with van der Waals surface area (Å²) in [7, 11) is -2.10. The first-order chi connectivity index (χ1) is 10.4. The fourth-order valence-electron chi connectivity index (χ4n) is 2.74. The molecule has 1 saturated heterocycles. The molecular formula is C13H16N4O4S. The van der Waals surface area contributed by atoms with E-state index in [1.54, 1.807) is 19.2 Å². The third kappa shape index (κ3) is 2.35. The Bertz CT molecular complexity index is 830. The van der Waals surface area contributed by atoms with E-state index in [1.807, 2.05) is 0 Å². The number of rotatable bonds is 3. The first-order valence-electron chi connectivity index (χ1n) is 6.92. The highest BCUT2D eigenvalue weighted by Crippen LogP contribution is 2.27. The van der Waals surface area contributed by atoms with Crippen LogP contribution in [0.1, 0.15) is 12.8 Å². The summed E-state index contributed by atoms with van der Waals surface area (Å²) in [4.78, 5) is 11.2. The third-order valence-corrected chi connectivity index (χ3v) is 5.85. The molecule has 0 spiro atoms. The maximum absolute atomic E-state index is 12.8. The molecule has 0 saturated carbocycles. The van der Waals surface area contributed by atoms with Gasteiger partial charge in [0.05, 0.1) is 11.4 Å². The van der Waals surface area contributed by atoms with Gasteiger partial charge in [-0.1, -0.05) is 11.3 Å². The molecule has 0 radical (unpaired) electrons. The van der Waals surface area contributed by atoms with E-state index in [9.17, 15) is 13.2 Å². The monoisotopic (exact) mass is 324 g/mol. The van der Waals surface area contributed by atoms with Crippen LogP contribution in [0.4, 0.5) is 0 Å². The smallest absolute Gasteiger partial charge is 0.307 e. The summed E-state index contributed by atoms with van der Waals surface area (Å²) in [5.74, 6) is -1.62. The Kier molecular flexibility index (Phi) is 3.61. The number of aryl methyl sites for hydroxylation is 1. The van der Waals surface area contributed by atoms with Gasteiger partial charge < -0.3 is 5.11 Å². The van der Waals surface area contributed by atoms with E-state index < -0.39 is 21.9 Å². The van der Waals surface area contributed by atoms with Gasteiger partial charge in [0, 0.05) is 20.1 Å². The number of carboxylic acids is 1. The Morgan fingerprint density at radius 2 is 2.18 bits per heavy atom. The molecule has 3 rings (SSSR count). The summed E-state index contributed by atoms with van der Waals surface area (Å²) in [6, 6.07) is 4.86. The van der Waals surface area contributed by atoms with Crippen molar-refractivity contribution in [3.8, 4) is 0 Å². The van der Waals surface area contributed by atoms with Gasteiger partial charge in [-0.25, -0.2) is 13.1 Å². The van der Waals surface area contributed by atoms with Gasteiger partial charge >= 0.3 is 5.97 Å². The summed E-state index contributed by atoms with van der Waals surface area (Å²) in [6.07, 6.45) is 1.03. The predicted octanol–water partition coefficient (Wildman–Crippen LogP) is 0.454. The minimum Gasteiger partial charge on any atom is -0.481 e. The van der Waals surface area contributed by atoms with E-state index >= 15 is 0 Å². The first-order valence-corrected chi connectivity index (χ1v) is 8.36. The highest BCUT2D eigenvalue weighted by molar-refractivity contribution is 7.89. The average molecular weight is 324 g/mol. The van der Waals surface area contributed by atoms with Crippen molar-refractivity contribution in [3.63, 3.8) is 0 Å². The van der Waals surface area contributed by atoms with Crippen molar-refractivity contribution >= 4 is 27.0 Å². The molecule has 1 fully saturated rings. The van der Waals surface area contributed by atoms with Gasteiger partial charge in [0.1, 0.15) is 10.4 Å². The Labute approximate surface area is 127 Å². The van der Waals surface area contributed by atoms with Crippen LogP contribution >= 0.6 is 0 Å². The number of aromatic nitrogens is 3. The Morgan fingerprint density at radius 1 is 1.41 bits per heavy atom. The van der Waals surface area contributed by atoms with Crippen LogP contribution in [0, 0.1) is 5.92 Å².